The molecule has 0 bridgehead atoms. The third-order valence-electron chi connectivity index (χ3n) is 2.01. The van der Waals surface area contributed by atoms with Gasteiger partial charge < -0.3 is 10.0 Å². The molecular formula is C9H19NO2. The fraction of sp³-hybridized carbons (Fsp3) is 0.889. The van der Waals surface area contributed by atoms with E-state index in [2.05, 4.69) is 18.7 Å². The summed E-state index contributed by atoms with van der Waals surface area (Å²) in [4.78, 5) is 12.5. The van der Waals surface area contributed by atoms with Crippen LogP contribution in [0.5, 0.6) is 0 Å². The van der Waals surface area contributed by atoms with Crippen molar-refractivity contribution in [3.05, 3.63) is 0 Å². The summed E-state index contributed by atoms with van der Waals surface area (Å²) < 4.78 is 0. The number of carboxylic acid groups (broad SMARTS) is 1. The summed E-state index contributed by atoms with van der Waals surface area (Å²) in [7, 11) is 0. The summed E-state index contributed by atoms with van der Waals surface area (Å²) in [5, 5.41) is 8.38. The lowest BCUT2D eigenvalue weighted by atomic mass is 10.2. The first kappa shape index (κ1) is 11.4. The lowest BCUT2D eigenvalue weighted by Gasteiger charge is -2.16. The fourth-order valence-corrected chi connectivity index (χ4v) is 1.15. The average Bonchev–Trinajstić information content (AvgIpc) is 2.04. The fourth-order valence-electron chi connectivity index (χ4n) is 1.15. The molecule has 0 fully saturated rings. The first-order chi connectivity index (χ1) is 5.70. The lowest BCUT2D eigenvalue weighted by molar-refractivity contribution is -0.137. The van der Waals surface area contributed by atoms with E-state index in [0.717, 1.165) is 32.5 Å². The number of carboxylic acids is 1. The third kappa shape index (κ3) is 6.16. The molecule has 0 unspecified atom stereocenters. The summed E-state index contributed by atoms with van der Waals surface area (Å²) in [6, 6.07) is 0. The lowest BCUT2D eigenvalue weighted by Crippen LogP contribution is -2.23. The molecule has 0 aromatic heterocycles. The monoisotopic (exact) mass is 173 g/mol. The predicted molar refractivity (Wildman–Crippen MR) is 49.3 cm³/mol. The zero-order chi connectivity index (χ0) is 9.40. The van der Waals surface area contributed by atoms with Crippen LogP contribution in [0.25, 0.3) is 0 Å². The van der Waals surface area contributed by atoms with Gasteiger partial charge in [0.15, 0.2) is 0 Å². The van der Waals surface area contributed by atoms with Crippen molar-refractivity contribution in [2.24, 2.45) is 0 Å². The van der Waals surface area contributed by atoms with Crippen molar-refractivity contribution in [2.45, 2.75) is 33.1 Å². The number of rotatable bonds is 7. The van der Waals surface area contributed by atoms with E-state index in [0.29, 0.717) is 6.42 Å². The van der Waals surface area contributed by atoms with Gasteiger partial charge in [0.1, 0.15) is 0 Å². The van der Waals surface area contributed by atoms with E-state index in [1.165, 1.54) is 0 Å². The highest BCUT2D eigenvalue weighted by Gasteiger charge is 2.00. The van der Waals surface area contributed by atoms with Crippen LogP contribution in [0.3, 0.4) is 0 Å². The molecule has 0 aliphatic heterocycles. The number of hydrogen-bond acceptors (Lipinski definition) is 2. The topological polar surface area (TPSA) is 40.5 Å². The molecule has 0 saturated heterocycles. The van der Waals surface area contributed by atoms with Crippen molar-refractivity contribution in [2.75, 3.05) is 19.6 Å². The Morgan fingerprint density at radius 3 is 2.25 bits per heavy atom. The second-order valence-corrected chi connectivity index (χ2v) is 2.88. The van der Waals surface area contributed by atoms with E-state index in [1.807, 2.05) is 0 Å². The van der Waals surface area contributed by atoms with Gasteiger partial charge in [-0.1, -0.05) is 13.8 Å². The zero-order valence-corrected chi connectivity index (χ0v) is 8.05. The molecule has 0 atom stereocenters. The minimum atomic E-state index is -0.686. The zero-order valence-electron chi connectivity index (χ0n) is 8.05. The van der Waals surface area contributed by atoms with Gasteiger partial charge in [-0.2, -0.15) is 0 Å². The van der Waals surface area contributed by atoms with Gasteiger partial charge in [0.05, 0.1) is 0 Å². The van der Waals surface area contributed by atoms with Gasteiger partial charge in [-0.15, -0.1) is 0 Å². The molecule has 12 heavy (non-hydrogen) atoms. The van der Waals surface area contributed by atoms with E-state index in [4.69, 9.17) is 5.11 Å². The molecule has 72 valence electrons. The molecule has 0 amide bonds. The maximum Gasteiger partial charge on any atom is 0.303 e. The maximum atomic E-state index is 10.2. The Morgan fingerprint density at radius 1 is 1.25 bits per heavy atom. The smallest absolute Gasteiger partial charge is 0.303 e. The Morgan fingerprint density at radius 2 is 1.83 bits per heavy atom. The van der Waals surface area contributed by atoms with Crippen LogP contribution in [-0.2, 0) is 4.79 Å². The number of unbranched alkanes of at least 4 members (excludes halogenated alkanes) is 1. The molecule has 0 heterocycles. The Hall–Kier alpha value is -0.570. The number of nitrogens with zero attached hydrogens (tertiary/aromatic N) is 1. The molecule has 0 aromatic carbocycles. The maximum absolute atomic E-state index is 10.2. The predicted octanol–water partition coefficient (Wildman–Crippen LogP) is 1.58. The van der Waals surface area contributed by atoms with Crippen molar-refractivity contribution in [1.29, 1.82) is 0 Å². The molecule has 3 heteroatoms. The molecule has 1 N–H and O–H groups in total. The number of aliphatic carboxylic acids is 1. The minimum absolute atomic E-state index is 0.307. The van der Waals surface area contributed by atoms with Crippen molar-refractivity contribution in [1.82, 2.24) is 4.90 Å². The number of carbonyl (C=O) groups is 1. The van der Waals surface area contributed by atoms with Gasteiger partial charge in [-0.25, -0.2) is 0 Å². The van der Waals surface area contributed by atoms with Gasteiger partial charge >= 0.3 is 5.97 Å². The SMILES string of the molecule is CCN(CC)CCCCC(=O)O. The summed E-state index contributed by atoms with van der Waals surface area (Å²) in [6.45, 7) is 7.40. The van der Waals surface area contributed by atoms with Gasteiger partial charge in [-0.3, -0.25) is 4.79 Å². The molecule has 0 radical (unpaired) electrons. The van der Waals surface area contributed by atoms with Crippen LogP contribution in [-0.4, -0.2) is 35.6 Å². The highest BCUT2D eigenvalue weighted by molar-refractivity contribution is 5.66. The molecule has 3 nitrogen and oxygen atoms in total. The van der Waals surface area contributed by atoms with E-state index in [1.54, 1.807) is 0 Å². The molecule has 0 aliphatic rings. The largest absolute Gasteiger partial charge is 0.481 e. The molecule has 0 rings (SSSR count). The van der Waals surface area contributed by atoms with Crippen LogP contribution in [0.2, 0.25) is 0 Å². The first-order valence-electron chi connectivity index (χ1n) is 4.64. The van der Waals surface area contributed by atoms with Crippen molar-refractivity contribution >= 4 is 5.97 Å². The summed E-state index contributed by atoms with van der Waals surface area (Å²) in [5.74, 6) is -0.686. The molecular weight excluding hydrogens is 154 g/mol. The van der Waals surface area contributed by atoms with Crippen LogP contribution in [0.4, 0.5) is 0 Å². The average molecular weight is 173 g/mol. The summed E-state index contributed by atoms with van der Waals surface area (Å²) in [6.07, 6.45) is 2.10. The van der Waals surface area contributed by atoms with Crippen molar-refractivity contribution < 1.29 is 9.90 Å². The van der Waals surface area contributed by atoms with E-state index < -0.39 is 5.97 Å². The normalized spacial score (nSPS) is 10.6. The van der Waals surface area contributed by atoms with Gasteiger partial charge in [-0.05, 0) is 32.5 Å². The number of hydrogen-bond donors (Lipinski definition) is 1. The molecule has 0 saturated carbocycles. The third-order valence-corrected chi connectivity index (χ3v) is 2.01. The van der Waals surface area contributed by atoms with Crippen molar-refractivity contribution in [3.63, 3.8) is 0 Å². The van der Waals surface area contributed by atoms with Crippen LogP contribution in [0, 0.1) is 0 Å². The molecule has 0 spiro atoms. The molecule has 0 aliphatic carbocycles. The standard InChI is InChI=1S/C9H19NO2/c1-3-10(4-2)8-6-5-7-9(11)12/h3-8H2,1-2H3,(H,11,12). The van der Waals surface area contributed by atoms with E-state index in [9.17, 15) is 4.79 Å². The highest BCUT2D eigenvalue weighted by atomic mass is 16.4. The quantitative estimate of drug-likeness (QED) is 0.594. The van der Waals surface area contributed by atoms with Crippen molar-refractivity contribution in [3.8, 4) is 0 Å². The minimum Gasteiger partial charge on any atom is -0.481 e. The first-order valence-corrected chi connectivity index (χ1v) is 4.64. The Bertz CT molecular complexity index is 122. The highest BCUT2D eigenvalue weighted by Crippen LogP contribution is 1.98. The van der Waals surface area contributed by atoms with Crippen LogP contribution in [0.15, 0.2) is 0 Å². The van der Waals surface area contributed by atoms with Gasteiger partial charge in [0, 0.05) is 6.42 Å². The Kier molecular flexibility index (Phi) is 6.76. The summed E-state index contributed by atoms with van der Waals surface area (Å²) in [5.41, 5.74) is 0. The summed E-state index contributed by atoms with van der Waals surface area (Å²) >= 11 is 0. The van der Waals surface area contributed by atoms with Gasteiger partial charge in [0.25, 0.3) is 0 Å². The van der Waals surface area contributed by atoms with E-state index in [-0.39, 0.29) is 0 Å². The van der Waals surface area contributed by atoms with Gasteiger partial charge in [0.2, 0.25) is 0 Å². The second-order valence-electron chi connectivity index (χ2n) is 2.88. The van der Waals surface area contributed by atoms with Crippen LogP contribution in [0.1, 0.15) is 33.1 Å². The Labute approximate surface area is 74.4 Å². The van der Waals surface area contributed by atoms with E-state index >= 15 is 0 Å². The Balaban J connectivity index is 3.23. The van der Waals surface area contributed by atoms with Crippen LogP contribution >= 0.6 is 0 Å². The second kappa shape index (κ2) is 7.10. The molecule has 0 aromatic rings. The van der Waals surface area contributed by atoms with Crippen LogP contribution < -0.4 is 0 Å².